The van der Waals surface area contributed by atoms with Gasteiger partial charge in [-0.3, -0.25) is 9.78 Å². The van der Waals surface area contributed by atoms with Gasteiger partial charge in [0.2, 0.25) is 0 Å². The number of nitriles is 1. The molecule has 2 rings (SSSR count). The lowest BCUT2D eigenvalue weighted by Crippen LogP contribution is -2.22. The molecule has 5 heteroatoms. The number of carbonyl (C=O) groups is 1. The van der Waals surface area contributed by atoms with Gasteiger partial charge in [0.1, 0.15) is 11.5 Å². The van der Waals surface area contributed by atoms with Gasteiger partial charge in [-0.1, -0.05) is 0 Å². The van der Waals surface area contributed by atoms with Gasteiger partial charge in [-0.15, -0.1) is 0 Å². The minimum Gasteiger partial charge on any atom is -0.465 e. The van der Waals surface area contributed by atoms with E-state index >= 15 is 0 Å². The molecule has 2 aromatic rings. The molecule has 0 unspecified atom stereocenters. The molecule has 2 heterocycles. The Morgan fingerprint density at radius 3 is 3.00 bits per heavy atom. The van der Waals surface area contributed by atoms with E-state index in [1.165, 1.54) is 6.20 Å². The number of furan rings is 1. The Balaban J connectivity index is 2.00. The number of amides is 1. The second-order valence-electron chi connectivity index (χ2n) is 4.07. The minimum absolute atomic E-state index is 0.193. The van der Waals surface area contributed by atoms with Crippen LogP contribution in [0.2, 0.25) is 0 Å². The van der Waals surface area contributed by atoms with E-state index in [-0.39, 0.29) is 12.3 Å². The molecule has 0 saturated carbocycles. The summed E-state index contributed by atoms with van der Waals surface area (Å²) < 4.78 is 5.36. The summed E-state index contributed by atoms with van der Waals surface area (Å²) in [6.45, 7) is 2.19. The molecule has 0 atom stereocenters. The first-order chi connectivity index (χ1) is 9.19. The third-order valence-electron chi connectivity index (χ3n) is 2.56. The van der Waals surface area contributed by atoms with Crippen LogP contribution in [0.4, 0.5) is 0 Å². The predicted molar refractivity (Wildman–Crippen MR) is 68.2 cm³/mol. The average Bonchev–Trinajstić information content (AvgIpc) is 2.82. The highest BCUT2D eigenvalue weighted by molar-refractivity contribution is 5.94. The Kier molecular flexibility index (Phi) is 3.94. The van der Waals surface area contributed by atoms with Crippen molar-refractivity contribution in [3.8, 4) is 6.07 Å². The summed E-state index contributed by atoms with van der Waals surface area (Å²) in [6.07, 6.45) is 1.72. The van der Waals surface area contributed by atoms with Crippen LogP contribution >= 0.6 is 0 Å². The molecule has 0 bridgehead atoms. The SMILES string of the molecule is Cc1ccc(CNC(=O)c2ccnc(CC#N)c2)o1. The zero-order valence-corrected chi connectivity index (χ0v) is 10.5. The van der Waals surface area contributed by atoms with Crippen molar-refractivity contribution in [2.24, 2.45) is 0 Å². The van der Waals surface area contributed by atoms with Crippen molar-refractivity contribution in [2.75, 3.05) is 0 Å². The molecule has 0 radical (unpaired) electrons. The van der Waals surface area contributed by atoms with Crippen LogP contribution in [0.25, 0.3) is 0 Å². The highest BCUT2D eigenvalue weighted by atomic mass is 16.3. The van der Waals surface area contributed by atoms with Crippen molar-refractivity contribution in [3.05, 3.63) is 53.2 Å². The van der Waals surface area contributed by atoms with Crippen LogP contribution in [-0.2, 0) is 13.0 Å². The van der Waals surface area contributed by atoms with Gasteiger partial charge in [0.15, 0.2) is 0 Å². The largest absolute Gasteiger partial charge is 0.465 e. The Morgan fingerprint density at radius 1 is 1.47 bits per heavy atom. The zero-order chi connectivity index (χ0) is 13.7. The number of pyridine rings is 1. The topological polar surface area (TPSA) is 78.9 Å². The first kappa shape index (κ1) is 12.8. The summed E-state index contributed by atoms with van der Waals surface area (Å²) >= 11 is 0. The van der Waals surface area contributed by atoms with E-state index in [2.05, 4.69) is 10.3 Å². The van der Waals surface area contributed by atoms with Gasteiger partial charge in [-0.05, 0) is 31.2 Å². The second kappa shape index (κ2) is 5.83. The van der Waals surface area contributed by atoms with E-state index < -0.39 is 0 Å². The van der Waals surface area contributed by atoms with Crippen LogP contribution in [0.15, 0.2) is 34.9 Å². The van der Waals surface area contributed by atoms with Gasteiger partial charge < -0.3 is 9.73 Å². The summed E-state index contributed by atoms with van der Waals surface area (Å²) in [4.78, 5) is 15.9. The van der Waals surface area contributed by atoms with E-state index in [0.29, 0.717) is 23.6 Å². The number of hydrogen-bond donors (Lipinski definition) is 1. The maximum Gasteiger partial charge on any atom is 0.251 e. The lowest BCUT2D eigenvalue weighted by Gasteiger charge is -2.04. The zero-order valence-electron chi connectivity index (χ0n) is 10.5. The maximum atomic E-state index is 11.9. The fourth-order valence-corrected chi connectivity index (χ4v) is 1.65. The van der Waals surface area contributed by atoms with Crippen LogP contribution in [0.5, 0.6) is 0 Å². The van der Waals surface area contributed by atoms with Gasteiger partial charge in [0.25, 0.3) is 5.91 Å². The molecule has 96 valence electrons. The standard InChI is InChI=1S/C14H13N3O2/c1-10-2-3-13(19-10)9-17-14(18)11-5-7-16-12(8-11)4-6-15/h2-3,5,7-8H,4,9H2,1H3,(H,17,18). The number of rotatable bonds is 4. The van der Waals surface area contributed by atoms with Gasteiger partial charge in [0, 0.05) is 11.8 Å². The second-order valence-corrected chi connectivity index (χ2v) is 4.07. The van der Waals surface area contributed by atoms with Crippen LogP contribution in [0.3, 0.4) is 0 Å². The van der Waals surface area contributed by atoms with Crippen LogP contribution in [0, 0.1) is 18.3 Å². The molecule has 0 fully saturated rings. The molecule has 0 aliphatic heterocycles. The normalized spacial score (nSPS) is 9.89. The summed E-state index contributed by atoms with van der Waals surface area (Å²) in [7, 11) is 0. The predicted octanol–water partition coefficient (Wildman–Crippen LogP) is 1.98. The molecule has 0 aliphatic carbocycles. The number of hydrogen-bond acceptors (Lipinski definition) is 4. The number of nitrogens with zero attached hydrogens (tertiary/aromatic N) is 2. The van der Waals surface area contributed by atoms with E-state index in [9.17, 15) is 4.79 Å². The molecule has 1 N–H and O–H groups in total. The van der Waals surface area contributed by atoms with E-state index in [1.807, 2.05) is 25.1 Å². The molecule has 2 aromatic heterocycles. The third-order valence-corrected chi connectivity index (χ3v) is 2.56. The molecular formula is C14H13N3O2. The highest BCUT2D eigenvalue weighted by Gasteiger charge is 2.07. The molecule has 1 amide bonds. The van der Waals surface area contributed by atoms with Crippen molar-refractivity contribution < 1.29 is 9.21 Å². The van der Waals surface area contributed by atoms with Crippen molar-refractivity contribution in [1.29, 1.82) is 5.26 Å². The molecule has 0 saturated heterocycles. The lowest BCUT2D eigenvalue weighted by molar-refractivity contribution is 0.0947. The summed E-state index contributed by atoms with van der Waals surface area (Å²) in [6, 6.07) is 8.90. The highest BCUT2D eigenvalue weighted by Crippen LogP contribution is 2.07. The molecule has 0 aromatic carbocycles. The van der Waals surface area contributed by atoms with Crippen LogP contribution < -0.4 is 5.32 Å². The maximum absolute atomic E-state index is 11.9. The van der Waals surface area contributed by atoms with Crippen LogP contribution in [0.1, 0.15) is 27.6 Å². The number of aryl methyl sites for hydroxylation is 1. The van der Waals surface area contributed by atoms with Crippen molar-refractivity contribution in [2.45, 2.75) is 19.9 Å². The van der Waals surface area contributed by atoms with Crippen molar-refractivity contribution >= 4 is 5.91 Å². The smallest absolute Gasteiger partial charge is 0.251 e. The lowest BCUT2D eigenvalue weighted by atomic mass is 10.2. The number of aromatic nitrogens is 1. The number of nitrogens with one attached hydrogen (secondary N) is 1. The Morgan fingerprint density at radius 2 is 2.32 bits per heavy atom. The van der Waals surface area contributed by atoms with Crippen molar-refractivity contribution in [3.63, 3.8) is 0 Å². The van der Waals surface area contributed by atoms with Gasteiger partial charge >= 0.3 is 0 Å². The summed E-state index contributed by atoms with van der Waals surface area (Å²) in [5.74, 6) is 1.30. The molecule has 0 aliphatic rings. The monoisotopic (exact) mass is 255 g/mol. The quantitative estimate of drug-likeness (QED) is 0.906. The average molecular weight is 255 g/mol. The Hall–Kier alpha value is -2.61. The molecule has 19 heavy (non-hydrogen) atoms. The molecule has 0 spiro atoms. The first-order valence-electron chi connectivity index (χ1n) is 5.84. The van der Waals surface area contributed by atoms with Crippen LogP contribution in [-0.4, -0.2) is 10.9 Å². The first-order valence-corrected chi connectivity index (χ1v) is 5.84. The molecule has 5 nitrogen and oxygen atoms in total. The summed E-state index contributed by atoms with van der Waals surface area (Å²) in [5, 5.41) is 11.4. The fourth-order valence-electron chi connectivity index (χ4n) is 1.65. The van der Waals surface area contributed by atoms with E-state index in [4.69, 9.17) is 9.68 Å². The summed E-state index contributed by atoms with van der Waals surface area (Å²) in [5.41, 5.74) is 1.08. The van der Waals surface area contributed by atoms with Gasteiger partial charge in [0.05, 0.1) is 24.7 Å². The van der Waals surface area contributed by atoms with E-state index in [1.54, 1.807) is 12.1 Å². The Bertz CT molecular complexity index is 626. The third kappa shape index (κ3) is 3.42. The molecular weight excluding hydrogens is 242 g/mol. The minimum atomic E-state index is -0.212. The fraction of sp³-hybridized carbons (Fsp3) is 0.214. The van der Waals surface area contributed by atoms with E-state index in [0.717, 1.165) is 5.76 Å². The van der Waals surface area contributed by atoms with Gasteiger partial charge in [-0.25, -0.2) is 0 Å². The van der Waals surface area contributed by atoms with Gasteiger partial charge in [-0.2, -0.15) is 5.26 Å². The van der Waals surface area contributed by atoms with Crippen molar-refractivity contribution in [1.82, 2.24) is 10.3 Å². The number of carbonyl (C=O) groups excluding carboxylic acids is 1. The Labute approximate surface area is 110 Å².